The van der Waals surface area contributed by atoms with Crippen molar-refractivity contribution in [2.24, 2.45) is 11.8 Å². The molecule has 2 saturated heterocycles. The van der Waals surface area contributed by atoms with Crippen LogP contribution in [0.5, 0.6) is 0 Å². The van der Waals surface area contributed by atoms with Crippen LogP contribution in [-0.4, -0.2) is 54.1 Å². The fourth-order valence-corrected chi connectivity index (χ4v) is 5.66. The third kappa shape index (κ3) is 2.24. The van der Waals surface area contributed by atoms with Crippen molar-refractivity contribution in [3.8, 4) is 0 Å². The van der Waals surface area contributed by atoms with Gasteiger partial charge in [0.05, 0.1) is 25.6 Å². The molecular weight excluding hydrogens is 368 g/mol. The van der Waals surface area contributed by atoms with E-state index in [4.69, 9.17) is 4.74 Å². The van der Waals surface area contributed by atoms with Gasteiger partial charge in [-0.25, -0.2) is 4.79 Å². The maximum absolute atomic E-state index is 12.9. The maximum Gasteiger partial charge on any atom is 0.329 e. The molecule has 4 atom stereocenters. The maximum atomic E-state index is 12.9. The number of fused-ring (bicyclic) bond motifs is 2. The molecule has 0 saturated carbocycles. The number of aryl methyl sites for hydroxylation is 1. The second-order valence-electron chi connectivity index (χ2n) is 7.05. The minimum Gasteiger partial charge on any atom is -0.468 e. The number of nitrogens with zero attached hydrogens (tertiary/aromatic N) is 1. The number of esters is 1. The summed E-state index contributed by atoms with van der Waals surface area (Å²) in [5.41, 5.74) is -0.752. The Morgan fingerprint density at radius 3 is 2.70 bits per heavy atom. The van der Waals surface area contributed by atoms with Crippen LogP contribution in [-0.2, 0) is 19.1 Å². The summed E-state index contributed by atoms with van der Waals surface area (Å²) in [6.07, 6.45) is 0. The molecule has 2 aliphatic heterocycles. The first-order valence-electron chi connectivity index (χ1n) is 8.63. The summed E-state index contributed by atoms with van der Waals surface area (Å²) < 4.78 is 5.96. The molecule has 27 heavy (non-hydrogen) atoms. The van der Waals surface area contributed by atoms with Crippen molar-refractivity contribution in [2.45, 2.75) is 18.5 Å². The van der Waals surface area contributed by atoms with Crippen LogP contribution in [0, 0.1) is 18.8 Å². The first-order chi connectivity index (χ1) is 12.9. The zero-order valence-electron chi connectivity index (χ0n) is 15.2. The highest BCUT2D eigenvalue weighted by atomic mass is 32.1. The van der Waals surface area contributed by atoms with E-state index in [1.54, 1.807) is 11.3 Å². The number of ether oxygens (including phenoxy) is 1. The molecule has 0 radical (unpaired) electrons. The van der Waals surface area contributed by atoms with Gasteiger partial charge in [-0.05, 0) is 23.9 Å². The molecule has 2 aromatic rings. The zero-order chi connectivity index (χ0) is 19.5. The lowest BCUT2D eigenvalue weighted by molar-refractivity contribution is -0.156. The Bertz CT molecular complexity index is 970. The molecule has 7 nitrogen and oxygen atoms in total. The van der Waals surface area contributed by atoms with Crippen molar-refractivity contribution < 1.29 is 24.2 Å². The van der Waals surface area contributed by atoms with E-state index in [2.05, 4.69) is 5.32 Å². The number of rotatable bonds is 3. The molecule has 8 heteroatoms. The monoisotopic (exact) mass is 388 g/mol. The van der Waals surface area contributed by atoms with Crippen LogP contribution < -0.4 is 5.32 Å². The minimum atomic E-state index is -1.64. The van der Waals surface area contributed by atoms with Crippen molar-refractivity contribution in [3.63, 3.8) is 0 Å². The van der Waals surface area contributed by atoms with Gasteiger partial charge in [0.1, 0.15) is 0 Å². The smallest absolute Gasteiger partial charge is 0.329 e. The average molecular weight is 388 g/mol. The number of amides is 2. The van der Waals surface area contributed by atoms with Gasteiger partial charge < -0.3 is 9.84 Å². The number of aliphatic hydroxyl groups is 1. The van der Waals surface area contributed by atoms with Crippen LogP contribution in [0.3, 0.4) is 0 Å². The van der Waals surface area contributed by atoms with Gasteiger partial charge in [0.15, 0.2) is 5.54 Å². The third-order valence-corrected chi connectivity index (χ3v) is 6.91. The van der Waals surface area contributed by atoms with E-state index in [-0.39, 0.29) is 5.91 Å². The lowest BCUT2D eigenvalue weighted by Gasteiger charge is -2.30. The van der Waals surface area contributed by atoms with Crippen molar-refractivity contribution in [3.05, 3.63) is 34.7 Å². The topological polar surface area (TPSA) is 95.9 Å². The van der Waals surface area contributed by atoms with Crippen molar-refractivity contribution in [1.29, 1.82) is 0 Å². The molecule has 2 aliphatic rings. The van der Waals surface area contributed by atoms with Crippen molar-refractivity contribution in [1.82, 2.24) is 10.2 Å². The molecule has 3 heterocycles. The number of benzene rings is 1. The number of nitrogens with one attached hydrogen (secondary N) is 1. The minimum absolute atomic E-state index is 0.351. The van der Waals surface area contributed by atoms with E-state index in [1.807, 2.05) is 31.2 Å². The molecule has 4 rings (SSSR count). The largest absolute Gasteiger partial charge is 0.468 e. The van der Waals surface area contributed by atoms with E-state index in [0.717, 1.165) is 25.4 Å². The number of likely N-dealkylation sites (tertiary alicyclic amines) is 1. The van der Waals surface area contributed by atoms with Gasteiger partial charge in [0.25, 0.3) is 0 Å². The van der Waals surface area contributed by atoms with Crippen LogP contribution in [0.2, 0.25) is 0 Å². The normalized spacial score (nSPS) is 30.2. The molecule has 1 aromatic heterocycles. The average Bonchev–Trinajstić information content (AvgIpc) is 3.26. The Morgan fingerprint density at radius 1 is 1.33 bits per heavy atom. The number of hydrogen-bond donors (Lipinski definition) is 2. The molecule has 1 aromatic carbocycles. The lowest BCUT2D eigenvalue weighted by atomic mass is 9.79. The van der Waals surface area contributed by atoms with E-state index in [0.29, 0.717) is 0 Å². The van der Waals surface area contributed by atoms with Gasteiger partial charge in [0.2, 0.25) is 11.8 Å². The molecule has 142 valence electrons. The Labute approximate surface area is 159 Å². The molecule has 0 unspecified atom stereocenters. The number of hydrogen-bond acceptors (Lipinski definition) is 7. The molecule has 0 aliphatic carbocycles. The molecular formula is C19H20N2O5S. The van der Waals surface area contributed by atoms with Crippen molar-refractivity contribution >= 4 is 39.2 Å². The van der Waals surface area contributed by atoms with Gasteiger partial charge >= 0.3 is 5.97 Å². The number of methoxy groups -OCH3 is 1. The Kier molecular flexibility index (Phi) is 4.10. The standard InChI is InChI=1S/C19H20N2O5S/c1-9-12(10-6-4-5-7-11(10)27-9)15-13-14(17(24)21(2)16(13)23)19(8-22,20-15)18(25)26-3/h4-7,13-15,20,22H,8H2,1-3H3/t13-,14-,15-,19-/m0/s1. The van der Waals surface area contributed by atoms with E-state index in [9.17, 15) is 19.5 Å². The second-order valence-corrected chi connectivity index (χ2v) is 8.31. The Hall–Kier alpha value is -2.29. The van der Waals surface area contributed by atoms with E-state index in [1.165, 1.54) is 14.2 Å². The summed E-state index contributed by atoms with van der Waals surface area (Å²) in [6, 6.07) is 7.25. The predicted molar refractivity (Wildman–Crippen MR) is 99.0 cm³/mol. The van der Waals surface area contributed by atoms with Crippen LogP contribution in [0.4, 0.5) is 0 Å². The van der Waals surface area contributed by atoms with Gasteiger partial charge in [-0.15, -0.1) is 11.3 Å². The highest BCUT2D eigenvalue weighted by Crippen LogP contribution is 2.51. The van der Waals surface area contributed by atoms with Crippen molar-refractivity contribution in [2.75, 3.05) is 20.8 Å². The zero-order valence-corrected chi connectivity index (χ0v) is 16.0. The quantitative estimate of drug-likeness (QED) is 0.601. The van der Waals surface area contributed by atoms with Gasteiger partial charge in [-0.1, -0.05) is 18.2 Å². The first-order valence-corrected chi connectivity index (χ1v) is 9.45. The first kappa shape index (κ1) is 18.1. The highest BCUT2D eigenvalue weighted by Gasteiger charge is 2.68. The van der Waals surface area contributed by atoms with Crippen LogP contribution in [0.15, 0.2) is 24.3 Å². The highest BCUT2D eigenvalue weighted by molar-refractivity contribution is 7.19. The van der Waals surface area contributed by atoms with Crippen LogP contribution in [0.25, 0.3) is 10.1 Å². The molecule has 2 N–H and O–H groups in total. The number of carbonyl (C=O) groups excluding carboxylic acids is 3. The van der Waals surface area contributed by atoms with E-state index >= 15 is 0 Å². The SMILES string of the molecule is COC(=O)[C@@]1(CO)N[C@@H](c2c(C)sc3ccccc23)[C@H]2C(=O)N(C)C(=O)[C@H]21. The summed E-state index contributed by atoms with van der Waals surface area (Å²) in [4.78, 5) is 40.4. The van der Waals surface area contributed by atoms with Crippen LogP contribution in [0.1, 0.15) is 16.5 Å². The number of aliphatic hydroxyl groups excluding tert-OH is 1. The summed E-state index contributed by atoms with van der Waals surface area (Å²) >= 11 is 1.60. The molecule has 2 amide bonds. The summed E-state index contributed by atoms with van der Waals surface area (Å²) in [5.74, 6) is -3.34. The van der Waals surface area contributed by atoms with Gasteiger partial charge in [-0.3, -0.25) is 19.8 Å². The second kappa shape index (κ2) is 6.12. The van der Waals surface area contributed by atoms with Gasteiger partial charge in [0, 0.05) is 22.7 Å². The lowest BCUT2D eigenvalue weighted by Crippen LogP contribution is -2.58. The fraction of sp³-hybridized carbons (Fsp3) is 0.421. The Morgan fingerprint density at radius 2 is 2.04 bits per heavy atom. The fourth-order valence-electron chi connectivity index (χ4n) is 4.55. The van der Waals surface area contributed by atoms with Gasteiger partial charge in [-0.2, -0.15) is 0 Å². The summed E-state index contributed by atoms with van der Waals surface area (Å²) in [6.45, 7) is 1.32. The van der Waals surface area contributed by atoms with E-state index < -0.39 is 41.9 Å². The Balaban J connectivity index is 1.94. The number of imide groups is 1. The number of carbonyl (C=O) groups is 3. The molecule has 2 fully saturated rings. The summed E-state index contributed by atoms with van der Waals surface area (Å²) in [5, 5.41) is 14.2. The predicted octanol–water partition coefficient (Wildman–Crippen LogP) is 0.989. The molecule has 0 spiro atoms. The van der Waals surface area contributed by atoms with Crippen LogP contribution >= 0.6 is 11.3 Å². The summed E-state index contributed by atoms with van der Waals surface area (Å²) in [7, 11) is 2.62. The number of thiophene rings is 1. The molecule has 0 bridgehead atoms. The third-order valence-electron chi connectivity index (χ3n) is 5.80.